The number of nitrogens with zero attached hydrogens (tertiary/aromatic N) is 1. The molecule has 0 fully saturated rings. The lowest BCUT2D eigenvalue weighted by molar-refractivity contribution is 0.0702. The minimum absolute atomic E-state index is 0.244. The Kier molecular flexibility index (Phi) is 2.44. The average molecular weight is 185 g/mol. The van der Waals surface area contributed by atoms with Crippen molar-refractivity contribution in [3.8, 4) is 0 Å². The number of aromatic carboxylic acids is 1. The summed E-state index contributed by atoms with van der Waals surface area (Å²) in [5.74, 6) is -0.961. The van der Waals surface area contributed by atoms with Gasteiger partial charge in [0.05, 0.1) is 5.71 Å². The first-order chi connectivity index (χ1) is 5.65. The fourth-order valence-corrected chi connectivity index (χ4v) is 1.48. The Morgan fingerprint density at radius 2 is 2.33 bits per heavy atom. The molecule has 64 valence electrons. The summed E-state index contributed by atoms with van der Waals surface area (Å²) in [6.07, 6.45) is 0. The van der Waals surface area contributed by atoms with E-state index < -0.39 is 5.97 Å². The molecule has 0 saturated carbocycles. The van der Waals surface area contributed by atoms with Gasteiger partial charge >= 0.3 is 5.97 Å². The highest BCUT2D eigenvalue weighted by Crippen LogP contribution is 2.15. The lowest BCUT2D eigenvalue weighted by Crippen LogP contribution is -1.93. The van der Waals surface area contributed by atoms with Gasteiger partial charge in [0.15, 0.2) is 0 Å². The Morgan fingerprint density at radius 1 is 1.67 bits per heavy atom. The van der Waals surface area contributed by atoms with Crippen LogP contribution in [0.3, 0.4) is 0 Å². The molecule has 1 heterocycles. The molecule has 0 unspecified atom stereocenters. The summed E-state index contributed by atoms with van der Waals surface area (Å²) in [5.41, 5.74) is 1.05. The SMILES string of the molecule is CC(=NO)c1csc(C(=O)O)c1. The monoisotopic (exact) mass is 185 g/mol. The Bertz CT molecular complexity index is 329. The summed E-state index contributed by atoms with van der Waals surface area (Å²) in [5, 5.41) is 21.5. The number of carboxylic acids is 1. The van der Waals surface area contributed by atoms with Crippen molar-refractivity contribution in [3.05, 3.63) is 21.9 Å². The van der Waals surface area contributed by atoms with Gasteiger partial charge in [-0.1, -0.05) is 5.16 Å². The standard InChI is InChI=1S/C7H7NO3S/c1-4(8-11)5-2-6(7(9)10)12-3-5/h2-3,11H,1H3,(H,9,10). The molecule has 0 aliphatic carbocycles. The molecule has 5 heteroatoms. The molecule has 0 saturated heterocycles. The van der Waals surface area contributed by atoms with Gasteiger partial charge in [0.1, 0.15) is 4.88 Å². The third-order valence-corrected chi connectivity index (χ3v) is 2.30. The van der Waals surface area contributed by atoms with E-state index >= 15 is 0 Å². The predicted octanol–water partition coefficient (Wildman–Crippen LogP) is 1.64. The van der Waals surface area contributed by atoms with Crippen molar-refractivity contribution >= 4 is 23.0 Å². The molecule has 12 heavy (non-hydrogen) atoms. The molecule has 4 nitrogen and oxygen atoms in total. The summed E-state index contributed by atoms with van der Waals surface area (Å²) in [6.45, 7) is 1.60. The van der Waals surface area contributed by atoms with E-state index in [1.807, 2.05) is 0 Å². The van der Waals surface area contributed by atoms with E-state index in [0.717, 1.165) is 11.3 Å². The number of thiophene rings is 1. The zero-order chi connectivity index (χ0) is 9.14. The molecule has 0 aliphatic rings. The summed E-state index contributed by atoms with van der Waals surface area (Å²) in [7, 11) is 0. The predicted molar refractivity (Wildman–Crippen MR) is 45.3 cm³/mol. The van der Waals surface area contributed by atoms with Gasteiger partial charge in [-0.05, 0) is 13.0 Å². The van der Waals surface area contributed by atoms with Crippen LogP contribution in [-0.2, 0) is 0 Å². The number of hydrogen-bond acceptors (Lipinski definition) is 4. The lowest BCUT2D eigenvalue weighted by Gasteiger charge is -1.88. The van der Waals surface area contributed by atoms with Gasteiger partial charge in [0, 0.05) is 10.9 Å². The van der Waals surface area contributed by atoms with Crippen molar-refractivity contribution in [2.24, 2.45) is 5.16 Å². The number of carboxylic acid groups (broad SMARTS) is 1. The highest BCUT2D eigenvalue weighted by Gasteiger charge is 2.07. The molecule has 0 aliphatic heterocycles. The molecule has 0 atom stereocenters. The topological polar surface area (TPSA) is 69.9 Å². The van der Waals surface area contributed by atoms with Crippen LogP contribution in [0, 0.1) is 0 Å². The smallest absolute Gasteiger partial charge is 0.345 e. The summed E-state index contributed by atoms with van der Waals surface area (Å²) in [4.78, 5) is 10.7. The van der Waals surface area contributed by atoms with Crippen LogP contribution >= 0.6 is 11.3 Å². The van der Waals surface area contributed by atoms with Gasteiger partial charge < -0.3 is 10.3 Å². The Hall–Kier alpha value is -1.36. The van der Waals surface area contributed by atoms with Crippen LogP contribution in [-0.4, -0.2) is 22.0 Å². The largest absolute Gasteiger partial charge is 0.477 e. The maximum absolute atomic E-state index is 10.4. The molecule has 0 aromatic carbocycles. The first-order valence-electron chi connectivity index (χ1n) is 3.16. The second kappa shape index (κ2) is 3.36. The van der Waals surface area contributed by atoms with Crippen LogP contribution in [0.25, 0.3) is 0 Å². The highest BCUT2D eigenvalue weighted by molar-refractivity contribution is 7.12. The van der Waals surface area contributed by atoms with Gasteiger partial charge in [-0.3, -0.25) is 0 Å². The Morgan fingerprint density at radius 3 is 2.75 bits per heavy atom. The first-order valence-corrected chi connectivity index (χ1v) is 4.04. The van der Waals surface area contributed by atoms with E-state index in [9.17, 15) is 4.79 Å². The fraction of sp³-hybridized carbons (Fsp3) is 0.143. The average Bonchev–Trinajstić information content (AvgIpc) is 2.51. The minimum Gasteiger partial charge on any atom is -0.477 e. The molecule has 0 radical (unpaired) electrons. The second-order valence-electron chi connectivity index (χ2n) is 2.19. The minimum atomic E-state index is -0.961. The van der Waals surface area contributed by atoms with E-state index in [2.05, 4.69) is 5.16 Å². The van der Waals surface area contributed by atoms with E-state index in [1.165, 1.54) is 6.07 Å². The van der Waals surface area contributed by atoms with Gasteiger partial charge in [0.2, 0.25) is 0 Å². The van der Waals surface area contributed by atoms with Crippen LogP contribution in [0.1, 0.15) is 22.2 Å². The number of carbonyl (C=O) groups is 1. The molecule has 1 rings (SSSR count). The summed E-state index contributed by atoms with van der Waals surface area (Å²) < 4.78 is 0. The number of rotatable bonds is 2. The third kappa shape index (κ3) is 1.62. The molecular weight excluding hydrogens is 178 g/mol. The van der Waals surface area contributed by atoms with Crippen LogP contribution in [0.2, 0.25) is 0 Å². The van der Waals surface area contributed by atoms with Gasteiger partial charge in [0.25, 0.3) is 0 Å². The molecular formula is C7H7NO3S. The highest BCUT2D eigenvalue weighted by atomic mass is 32.1. The number of oxime groups is 1. The third-order valence-electron chi connectivity index (χ3n) is 1.38. The van der Waals surface area contributed by atoms with Crippen LogP contribution in [0.15, 0.2) is 16.6 Å². The Labute approximate surface area is 72.8 Å². The van der Waals surface area contributed by atoms with Crippen molar-refractivity contribution in [3.63, 3.8) is 0 Å². The zero-order valence-corrected chi connectivity index (χ0v) is 7.13. The van der Waals surface area contributed by atoms with E-state index in [0.29, 0.717) is 11.3 Å². The normalized spacial score (nSPS) is 11.6. The molecule has 1 aromatic heterocycles. The molecule has 0 spiro atoms. The summed E-state index contributed by atoms with van der Waals surface area (Å²) >= 11 is 1.11. The van der Waals surface area contributed by atoms with Gasteiger partial charge in [-0.2, -0.15) is 0 Å². The quantitative estimate of drug-likeness (QED) is 0.418. The maximum Gasteiger partial charge on any atom is 0.345 e. The van der Waals surface area contributed by atoms with Crippen LogP contribution in [0.4, 0.5) is 0 Å². The van der Waals surface area contributed by atoms with Crippen LogP contribution < -0.4 is 0 Å². The second-order valence-corrected chi connectivity index (χ2v) is 3.10. The first kappa shape index (κ1) is 8.73. The van der Waals surface area contributed by atoms with E-state index in [-0.39, 0.29) is 4.88 Å². The molecule has 2 N–H and O–H groups in total. The molecule has 0 amide bonds. The molecule has 0 bridgehead atoms. The lowest BCUT2D eigenvalue weighted by atomic mass is 10.2. The van der Waals surface area contributed by atoms with Crippen molar-refractivity contribution in [1.82, 2.24) is 0 Å². The zero-order valence-electron chi connectivity index (χ0n) is 6.31. The maximum atomic E-state index is 10.4. The van der Waals surface area contributed by atoms with Gasteiger partial charge in [-0.15, -0.1) is 11.3 Å². The van der Waals surface area contributed by atoms with Crippen molar-refractivity contribution in [2.75, 3.05) is 0 Å². The van der Waals surface area contributed by atoms with E-state index in [4.69, 9.17) is 10.3 Å². The number of hydrogen-bond donors (Lipinski definition) is 2. The van der Waals surface area contributed by atoms with Crippen molar-refractivity contribution < 1.29 is 15.1 Å². The van der Waals surface area contributed by atoms with Crippen LogP contribution in [0.5, 0.6) is 0 Å². The molecule has 1 aromatic rings. The Balaban J connectivity index is 2.99. The van der Waals surface area contributed by atoms with Crippen molar-refractivity contribution in [2.45, 2.75) is 6.92 Å². The van der Waals surface area contributed by atoms with Crippen molar-refractivity contribution in [1.29, 1.82) is 0 Å². The van der Waals surface area contributed by atoms with E-state index in [1.54, 1.807) is 12.3 Å². The van der Waals surface area contributed by atoms with Gasteiger partial charge in [-0.25, -0.2) is 4.79 Å². The summed E-state index contributed by atoms with van der Waals surface area (Å²) in [6, 6.07) is 1.47. The fourth-order valence-electron chi connectivity index (χ4n) is 0.696.